The Bertz CT molecular complexity index is 655. The Morgan fingerprint density at radius 1 is 1.38 bits per heavy atom. The van der Waals surface area contributed by atoms with E-state index in [1.54, 1.807) is 12.7 Å². The van der Waals surface area contributed by atoms with Gasteiger partial charge in [-0.15, -0.1) is 0 Å². The van der Waals surface area contributed by atoms with Crippen LogP contribution in [0.4, 0.5) is 0 Å². The van der Waals surface area contributed by atoms with Crippen LogP contribution in [0.3, 0.4) is 0 Å². The van der Waals surface area contributed by atoms with Crippen molar-refractivity contribution in [1.82, 2.24) is 25.0 Å². The fourth-order valence-corrected chi connectivity index (χ4v) is 3.37. The van der Waals surface area contributed by atoms with Gasteiger partial charge in [-0.05, 0) is 50.4 Å². The number of likely N-dealkylation sites (tertiary alicyclic amines) is 1. The first-order chi connectivity index (χ1) is 11.8. The summed E-state index contributed by atoms with van der Waals surface area (Å²) in [6.07, 6.45) is 6.35. The van der Waals surface area contributed by atoms with Crippen LogP contribution >= 0.6 is 0 Å². The maximum atomic E-state index is 13.0. The first-order valence-electron chi connectivity index (χ1n) is 8.62. The van der Waals surface area contributed by atoms with Crippen molar-refractivity contribution in [1.29, 1.82) is 0 Å². The molecule has 0 radical (unpaired) electrons. The Labute approximate surface area is 142 Å². The number of nitrogens with zero attached hydrogens (tertiary/aromatic N) is 4. The molecule has 1 N–H and O–H groups in total. The van der Waals surface area contributed by atoms with Crippen LogP contribution in [-0.2, 0) is 13.0 Å². The van der Waals surface area contributed by atoms with Crippen LogP contribution in [0.5, 0.6) is 0 Å². The van der Waals surface area contributed by atoms with Crippen LogP contribution in [-0.4, -0.2) is 52.3 Å². The van der Waals surface area contributed by atoms with Crippen LogP contribution in [0.1, 0.15) is 28.8 Å². The summed E-state index contributed by atoms with van der Waals surface area (Å²) >= 11 is 0. The van der Waals surface area contributed by atoms with Crippen LogP contribution in [0, 0.1) is 5.92 Å². The standard InChI is InChI=1S/C18H25N5O/c1-19-9-8-16-6-2-3-7-17(16)18(24)22-10-4-5-15(11-22)12-23-14-20-13-21-23/h2-3,6-7,13-15,19H,4-5,8-12H2,1H3. The number of nitrogens with one attached hydrogen (secondary N) is 1. The molecule has 2 heterocycles. The van der Waals surface area contributed by atoms with Gasteiger partial charge in [0.2, 0.25) is 0 Å². The van der Waals surface area contributed by atoms with Gasteiger partial charge in [-0.3, -0.25) is 9.48 Å². The molecule has 128 valence electrons. The summed E-state index contributed by atoms with van der Waals surface area (Å²) in [7, 11) is 1.93. The predicted octanol–water partition coefficient (Wildman–Crippen LogP) is 1.59. The number of piperidine rings is 1. The van der Waals surface area contributed by atoms with Gasteiger partial charge in [-0.1, -0.05) is 18.2 Å². The molecule has 24 heavy (non-hydrogen) atoms. The fraction of sp³-hybridized carbons (Fsp3) is 0.500. The summed E-state index contributed by atoms with van der Waals surface area (Å²) in [6, 6.07) is 7.97. The number of hydrogen-bond donors (Lipinski definition) is 1. The zero-order valence-corrected chi connectivity index (χ0v) is 14.2. The number of aromatic nitrogens is 3. The highest BCUT2D eigenvalue weighted by Crippen LogP contribution is 2.21. The van der Waals surface area contributed by atoms with Crippen LogP contribution in [0.15, 0.2) is 36.9 Å². The minimum atomic E-state index is 0.157. The quantitative estimate of drug-likeness (QED) is 0.875. The molecule has 1 aromatic heterocycles. The zero-order chi connectivity index (χ0) is 16.8. The Balaban J connectivity index is 1.68. The van der Waals surface area contributed by atoms with Gasteiger partial charge in [-0.2, -0.15) is 5.10 Å². The molecule has 1 aliphatic heterocycles. The van der Waals surface area contributed by atoms with Crippen molar-refractivity contribution in [3.05, 3.63) is 48.0 Å². The molecule has 0 saturated carbocycles. The second-order valence-electron chi connectivity index (χ2n) is 6.39. The van der Waals surface area contributed by atoms with Gasteiger partial charge in [0.25, 0.3) is 5.91 Å². The number of likely N-dealkylation sites (N-methyl/N-ethyl adjacent to an activating group) is 1. The number of carbonyl (C=O) groups is 1. The lowest BCUT2D eigenvalue weighted by Gasteiger charge is -2.33. The second-order valence-corrected chi connectivity index (χ2v) is 6.39. The molecule has 6 nitrogen and oxygen atoms in total. The van der Waals surface area contributed by atoms with E-state index in [0.717, 1.165) is 56.6 Å². The first kappa shape index (κ1) is 16.6. The number of carbonyl (C=O) groups excluding carboxylic acids is 1. The third-order valence-electron chi connectivity index (χ3n) is 4.61. The average molecular weight is 327 g/mol. The van der Waals surface area contributed by atoms with Gasteiger partial charge in [0.15, 0.2) is 0 Å². The highest BCUT2D eigenvalue weighted by molar-refractivity contribution is 5.95. The Kier molecular flexibility index (Phi) is 5.59. The minimum absolute atomic E-state index is 0.157. The molecule has 1 amide bonds. The maximum Gasteiger partial charge on any atom is 0.254 e. The largest absolute Gasteiger partial charge is 0.338 e. The Morgan fingerprint density at radius 2 is 2.25 bits per heavy atom. The van der Waals surface area contributed by atoms with E-state index in [9.17, 15) is 4.79 Å². The highest BCUT2D eigenvalue weighted by atomic mass is 16.2. The summed E-state index contributed by atoms with van der Waals surface area (Å²) in [5.74, 6) is 0.596. The van der Waals surface area contributed by atoms with E-state index in [1.165, 1.54) is 0 Å². The monoisotopic (exact) mass is 327 g/mol. The van der Waals surface area contributed by atoms with Crippen LogP contribution in [0.25, 0.3) is 0 Å². The first-order valence-corrected chi connectivity index (χ1v) is 8.62. The lowest BCUT2D eigenvalue weighted by Crippen LogP contribution is -2.41. The lowest BCUT2D eigenvalue weighted by atomic mass is 9.96. The molecule has 0 spiro atoms. The Morgan fingerprint density at radius 3 is 3.04 bits per heavy atom. The third-order valence-corrected chi connectivity index (χ3v) is 4.61. The van der Waals surface area contributed by atoms with Crippen molar-refractivity contribution >= 4 is 5.91 Å². The summed E-state index contributed by atoms with van der Waals surface area (Å²) in [6.45, 7) is 3.33. The van der Waals surface area contributed by atoms with Crippen molar-refractivity contribution in [2.24, 2.45) is 5.92 Å². The molecule has 0 bridgehead atoms. The van der Waals surface area contributed by atoms with Gasteiger partial charge in [0.05, 0.1) is 0 Å². The molecular formula is C18H25N5O. The van der Waals surface area contributed by atoms with E-state index >= 15 is 0 Å². The van der Waals surface area contributed by atoms with E-state index in [1.807, 2.05) is 34.8 Å². The molecule has 0 aliphatic carbocycles. The number of rotatable bonds is 6. The fourth-order valence-electron chi connectivity index (χ4n) is 3.37. The molecule has 2 aromatic rings. The smallest absolute Gasteiger partial charge is 0.254 e. The lowest BCUT2D eigenvalue weighted by molar-refractivity contribution is 0.0658. The molecule has 6 heteroatoms. The molecule has 1 saturated heterocycles. The van der Waals surface area contributed by atoms with Crippen molar-refractivity contribution in [3.8, 4) is 0 Å². The van der Waals surface area contributed by atoms with Crippen LogP contribution < -0.4 is 5.32 Å². The number of hydrogen-bond acceptors (Lipinski definition) is 4. The normalized spacial score (nSPS) is 17.9. The van der Waals surface area contributed by atoms with Crippen molar-refractivity contribution in [2.75, 3.05) is 26.7 Å². The minimum Gasteiger partial charge on any atom is -0.338 e. The zero-order valence-electron chi connectivity index (χ0n) is 14.2. The van der Waals surface area contributed by atoms with E-state index in [-0.39, 0.29) is 5.91 Å². The third kappa shape index (κ3) is 4.00. The molecule has 3 rings (SSSR count). The number of amides is 1. The molecule has 1 aliphatic rings. The van der Waals surface area contributed by atoms with Gasteiger partial charge < -0.3 is 10.2 Å². The van der Waals surface area contributed by atoms with Gasteiger partial charge >= 0.3 is 0 Å². The predicted molar refractivity (Wildman–Crippen MR) is 92.7 cm³/mol. The molecular weight excluding hydrogens is 302 g/mol. The molecule has 1 aromatic carbocycles. The SMILES string of the molecule is CNCCc1ccccc1C(=O)N1CCCC(Cn2cncn2)C1. The topological polar surface area (TPSA) is 63.1 Å². The Hall–Kier alpha value is -2.21. The van der Waals surface area contributed by atoms with Crippen molar-refractivity contribution < 1.29 is 4.79 Å². The van der Waals surface area contributed by atoms with Gasteiger partial charge in [0.1, 0.15) is 12.7 Å². The molecule has 1 atom stereocenters. The van der Waals surface area contributed by atoms with Crippen molar-refractivity contribution in [2.45, 2.75) is 25.8 Å². The highest BCUT2D eigenvalue weighted by Gasteiger charge is 2.26. The van der Waals surface area contributed by atoms with E-state index in [4.69, 9.17) is 0 Å². The molecule has 1 unspecified atom stereocenters. The molecule has 1 fully saturated rings. The maximum absolute atomic E-state index is 13.0. The van der Waals surface area contributed by atoms with Crippen molar-refractivity contribution in [3.63, 3.8) is 0 Å². The van der Waals surface area contributed by atoms with E-state index < -0.39 is 0 Å². The van der Waals surface area contributed by atoms with E-state index in [2.05, 4.69) is 21.5 Å². The van der Waals surface area contributed by atoms with Gasteiger partial charge in [0, 0.05) is 25.2 Å². The summed E-state index contributed by atoms with van der Waals surface area (Å²) in [5.41, 5.74) is 1.96. The summed E-state index contributed by atoms with van der Waals surface area (Å²) in [4.78, 5) is 19.0. The van der Waals surface area contributed by atoms with Crippen LogP contribution in [0.2, 0.25) is 0 Å². The van der Waals surface area contributed by atoms with E-state index in [0.29, 0.717) is 5.92 Å². The van der Waals surface area contributed by atoms with Gasteiger partial charge in [-0.25, -0.2) is 4.98 Å². The average Bonchev–Trinajstić information content (AvgIpc) is 3.13. The summed E-state index contributed by atoms with van der Waals surface area (Å²) in [5, 5.41) is 7.33. The number of benzene rings is 1. The summed E-state index contributed by atoms with van der Waals surface area (Å²) < 4.78 is 1.86. The second kappa shape index (κ2) is 8.06.